The molecule has 3 aromatic rings. The van der Waals surface area contributed by atoms with Gasteiger partial charge in [-0.3, -0.25) is 4.79 Å². The molecule has 0 spiro atoms. The highest BCUT2D eigenvalue weighted by atomic mass is 19.4. The molecule has 0 radical (unpaired) electrons. The summed E-state index contributed by atoms with van der Waals surface area (Å²) in [5, 5.41) is 3.22. The number of hydrogen-bond acceptors (Lipinski definition) is 5. The van der Waals surface area contributed by atoms with Crippen molar-refractivity contribution in [2.75, 3.05) is 43.0 Å². The summed E-state index contributed by atoms with van der Waals surface area (Å²) in [5.41, 5.74) is 0.941. The van der Waals surface area contributed by atoms with Crippen LogP contribution in [0.15, 0.2) is 66.7 Å². The maximum absolute atomic E-state index is 13.2. The highest BCUT2D eigenvalue weighted by molar-refractivity contribution is 5.77. The van der Waals surface area contributed by atoms with Gasteiger partial charge in [-0.05, 0) is 92.3 Å². The molecule has 1 saturated heterocycles. The zero-order valence-electron chi connectivity index (χ0n) is 25.5. The van der Waals surface area contributed by atoms with Crippen molar-refractivity contribution >= 4 is 17.3 Å². The van der Waals surface area contributed by atoms with Gasteiger partial charge in [-0.2, -0.15) is 26.3 Å². The van der Waals surface area contributed by atoms with Crippen molar-refractivity contribution in [1.29, 1.82) is 0 Å². The fourth-order valence-corrected chi connectivity index (χ4v) is 5.83. The van der Waals surface area contributed by atoms with Crippen LogP contribution in [0.25, 0.3) is 0 Å². The van der Waals surface area contributed by atoms with E-state index in [4.69, 9.17) is 9.47 Å². The van der Waals surface area contributed by atoms with Gasteiger partial charge in [0.2, 0.25) is 5.91 Å². The summed E-state index contributed by atoms with van der Waals surface area (Å²) in [5.74, 6) is 0.538. The van der Waals surface area contributed by atoms with Crippen molar-refractivity contribution in [3.05, 3.63) is 89.0 Å². The number of nitrogens with one attached hydrogen (secondary N) is 1. The van der Waals surface area contributed by atoms with E-state index < -0.39 is 23.5 Å². The highest BCUT2D eigenvalue weighted by Crippen LogP contribution is 2.34. The molecule has 1 aliphatic carbocycles. The fraction of sp³-hybridized carbons (Fsp3) is 0.441. The lowest BCUT2D eigenvalue weighted by Gasteiger charge is -2.36. The van der Waals surface area contributed by atoms with Gasteiger partial charge in [-0.1, -0.05) is 18.2 Å². The molecule has 1 saturated carbocycles. The number of piperazine rings is 1. The third-order valence-electron chi connectivity index (χ3n) is 8.55. The monoisotopic (exact) mass is 649 g/mol. The zero-order chi connectivity index (χ0) is 32.9. The smallest absolute Gasteiger partial charge is 0.416 e. The maximum Gasteiger partial charge on any atom is 0.416 e. The van der Waals surface area contributed by atoms with Gasteiger partial charge in [0, 0.05) is 43.6 Å². The molecule has 1 aliphatic heterocycles. The van der Waals surface area contributed by atoms with Gasteiger partial charge >= 0.3 is 12.4 Å². The molecule has 5 rings (SSSR count). The second kappa shape index (κ2) is 14.2. The van der Waals surface area contributed by atoms with Crippen LogP contribution < -0.4 is 15.0 Å². The first-order chi connectivity index (χ1) is 21.8. The van der Waals surface area contributed by atoms with Gasteiger partial charge < -0.3 is 24.6 Å². The van der Waals surface area contributed by atoms with Gasteiger partial charge in [0.15, 0.2) is 0 Å². The third-order valence-corrected chi connectivity index (χ3v) is 8.55. The van der Waals surface area contributed by atoms with E-state index in [9.17, 15) is 31.1 Å². The number of aryl methyl sites for hydroxylation is 1. The number of rotatable bonds is 9. The Labute approximate surface area is 264 Å². The predicted octanol–water partition coefficient (Wildman–Crippen LogP) is 7.70. The molecule has 6 nitrogen and oxygen atoms in total. The van der Waals surface area contributed by atoms with E-state index in [1.165, 1.54) is 25.1 Å². The largest absolute Gasteiger partial charge is 0.489 e. The van der Waals surface area contributed by atoms with Crippen LogP contribution in [0.2, 0.25) is 0 Å². The number of carbonyl (C=O) groups excluding carboxylic acids is 1. The van der Waals surface area contributed by atoms with Crippen molar-refractivity contribution in [3.8, 4) is 5.75 Å². The van der Waals surface area contributed by atoms with Gasteiger partial charge in [0.1, 0.15) is 19.0 Å². The third kappa shape index (κ3) is 8.86. The number of benzene rings is 3. The number of ether oxygens (including phenoxy) is 2. The van der Waals surface area contributed by atoms with E-state index in [1.807, 2.05) is 24.3 Å². The molecule has 3 aromatic carbocycles. The second-order valence-electron chi connectivity index (χ2n) is 11.8. The van der Waals surface area contributed by atoms with Crippen molar-refractivity contribution in [2.24, 2.45) is 0 Å². The lowest BCUT2D eigenvalue weighted by molar-refractivity contribution is -0.139. The van der Waals surface area contributed by atoms with Crippen molar-refractivity contribution in [3.63, 3.8) is 0 Å². The molecule has 0 unspecified atom stereocenters. The summed E-state index contributed by atoms with van der Waals surface area (Å²) < 4.78 is 89.6. The van der Waals surface area contributed by atoms with Gasteiger partial charge in [-0.25, -0.2) is 0 Å². The summed E-state index contributed by atoms with van der Waals surface area (Å²) in [6.45, 7) is 4.03. The van der Waals surface area contributed by atoms with E-state index in [1.54, 1.807) is 11.0 Å². The topological polar surface area (TPSA) is 54.0 Å². The molecule has 0 atom stereocenters. The van der Waals surface area contributed by atoms with Crippen molar-refractivity contribution < 1.29 is 40.6 Å². The van der Waals surface area contributed by atoms with Crippen molar-refractivity contribution in [1.82, 2.24) is 4.90 Å². The van der Waals surface area contributed by atoms with Crippen LogP contribution in [0.1, 0.15) is 47.9 Å². The summed E-state index contributed by atoms with van der Waals surface area (Å²) in [6, 6.07) is 16.7. The average molecular weight is 650 g/mol. The molecule has 2 fully saturated rings. The van der Waals surface area contributed by atoms with Crippen LogP contribution in [0.4, 0.5) is 37.7 Å². The molecule has 1 N–H and O–H groups in total. The first-order valence-electron chi connectivity index (χ1n) is 15.3. The standard InChI is InChI=1S/C34H37F6N3O3/c1-23-2-7-27(20-31(23)34(38,39)40)41-26-8-12-29(13-9-26)46-22-32(44)43-18-16-42(17-19-43)28-10-14-30(15-11-28)45-21-24-3-5-25(6-4-24)33(35,36)37/h2-7,10-11,14-15,20,26,29,41H,8-9,12-13,16-19,21-22H2,1H3. The Hall–Kier alpha value is -3.93. The number of carbonyl (C=O) groups is 1. The normalized spacial score (nSPS) is 19.2. The number of alkyl halides is 6. The summed E-state index contributed by atoms with van der Waals surface area (Å²) in [4.78, 5) is 16.8. The van der Waals surface area contributed by atoms with Crippen LogP contribution >= 0.6 is 0 Å². The minimum atomic E-state index is -4.39. The Morgan fingerprint density at radius 3 is 2.09 bits per heavy atom. The van der Waals surface area contributed by atoms with Gasteiger partial charge in [0.25, 0.3) is 0 Å². The van der Waals surface area contributed by atoms with E-state index in [0.29, 0.717) is 43.2 Å². The Bertz CT molecular complexity index is 1440. The second-order valence-corrected chi connectivity index (χ2v) is 11.8. The first-order valence-corrected chi connectivity index (χ1v) is 15.3. The van der Waals surface area contributed by atoms with Crippen LogP contribution in [0.5, 0.6) is 5.75 Å². The van der Waals surface area contributed by atoms with Crippen molar-refractivity contribution in [2.45, 2.75) is 63.7 Å². The Morgan fingerprint density at radius 2 is 1.48 bits per heavy atom. The minimum Gasteiger partial charge on any atom is -0.489 e. The van der Waals surface area contributed by atoms with Crippen LogP contribution in [-0.4, -0.2) is 55.7 Å². The average Bonchev–Trinajstić information content (AvgIpc) is 3.04. The summed E-state index contributed by atoms with van der Waals surface area (Å²) in [7, 11) is 0. The molecule has 1 amide bonds. The first kappa shape index (κ1) is 33.4. The number of anilines is 2. The molecular formula is C34H37F6N3O3. The van der Waals surface area contributed by atoms with Crippen LogP contribution in [0.3, 0.4) is 0 Å². The van der Waals surface area contributed by atoms with Crippen LogP contribution in [-0.2, 0) is 28.5 Å². The van der Waals surface area contributed by atoms with E-state index >= 15 is 0 Å². The summed E-state index contributed by atoms with van der Waals surface area (Å²) >= 11 is 0. The maximum atomic E-state index is 13.2. The Morgan fingerprint density at radius 1 is 0.826 bits per heavy atom. The SMILES string of the molecule is Cc1ccc(NC2CCC(OCC(=O)N3CCN(c4ccc(OCc5ccc(C(F)(F)F)cc5)cc4)CC3)CC2)cc1C(F)(F)F. The van der Waals surface area contributed by atoms with Crippen LogP contribution in [0, 0.1) is 6.92 Å². The lowest BCUT2D eigenvalue weighted by atomic mass is 9.92. The molecule has 0 aromatic heterocycles. The number of amides is 1. The van der Waals surface area contributed by atoms with E-state index in [-0.39, 0.29) is 36.8 Å². The Kier molecular flexibility index (Phi) is 10.3. The Balaban J connectivity index is 0.995. The van der Waals surface area contributed by atoms with Gasteiger partial charge in [-0.15, -0.1) is 0 Å². The molecule has 1 heterocycles. The van der Waals surface area contributed by atoms with E-state index in [2.05, 4.69) is 10.2 Å². The summed E-state index contributed by atoms with van der Waals surface area (Å²) in [6.07, 6.45) is -5.89. The molecule has 46 heavy (non-hydrogen) atoms. The fourth-order valence-electron chi connectivity index (χ4n) is 5.83. The minimum absolute atomic E-state index is 0.000630. The molecular weight excluding hydrogens is 612 g/mol. The number of halogens is 6. The lowest BCUT2D eigenvalue weighted by Crippen LogP contribution is -2.50. The molecule has 12 heteroatoms. The number of nitrogens with zero attached hydrogens (tertiary/aromatic N) is 2. The predicted molar refractivity (Wildman–Crippen MR) is 163 cm³/mol. The molecule has 0 bridgehead atoms. The zero-order valence-corrected chi connectivity index (χ0v) is 25.5. The van der Waals surface area contributed by atoms with Gasteiger partial charge in [0.05, 0.1) is 17.2 Å². The molecule has 2 aliphatic rings. The van der Waals surface area contributed by atoms with E-state index in [0.717, 1.165) is 49.6 Å². The highest BCUT2D eigenvalue weighted by Gasteiger charge is 2.33. The quantitative estimate of drug-likeness (QED) is 0.241. The molecule has 248 valence electrons. The number of hydrogen-bond donors (Lipinski definition) is 1.